The van der Waals surface area contributed by atoms with Crippen molar-refractivity contribution in [3.8, 4) is 22.8 Å². The smallest absolute Gasteiger partial charge is 0.197 e. The molecule has 3 aromatic rings. The predicted octanol–water partition coefficient (Wildman–Crippen LogP) is 3.91. The van der Waals surface area contributed by atoms with Gasteiger partial charge in [0.15, 0.2) is 5.43 Å². The largest absolute Gasteiger partial charge is 0.507 e. The van der Waals surface area contributed by atoms with Gasteiger partial charge in [0.05, 0.1) is 11.6 Å². The molecule has 1 aliphatic heterocycles. The number of hydrogen-bond acceptors (Lipinski definition) is 6. The first-order chi connectivity index (χ1) is 13.8. The Bertz CT molecular complexity index is 1160. The summed E-state index contributed by atoms with van der Waals surface area (Å²) in [4.78, 5) is 14.9. The van der Waals surface area contributed by atoms with Gasteiger partial charge in [-0.2, -0.15) is 0 Å². The molecule has 2 aromatic carbocycles. The summed E-state index contributed by atoms with van der Waals surface area (Å²) < 4.78 is 7.01. The SMILES string of the molecule is CN1CC[C@@H](c2c(O)cc(O)c3c(=O)cc(-c4cc(I)ccc4Cl)oc23)[C@@H]1CO. The van der Waals surface area contributed by atoms with Crippen molar-refractivity contribution in [3.63, 3.8) is 0 Å². The summed E-state index contributed by atoms with van der Waals surface area (Å²) in [6, 6.07) is 7.59. The van der Waals surface area contributed by atoms with E-state index in [1.165, 1.54) is 12.1 Å². The fourth-order valence-corrected chi connectivity index (χ4v) is 4.81. The van der Waals surface area contributed by atoms with E-state index in [1.54, 1.807) is 12.1 Å². The molecule has 1 aromatic heterocycles. The van der Waals surface area contributed by atoms with Crippen molar-refractivity contribution in [1.29, 1.82) is 0 Å². The van der Waals surface area contributed by atoms with Crippen LogP contribution in [0.1, 0.15) is 17.9 Å². The lowest BCUT2D eigenvalue weighted by atomic mass is 9.89. The van der Waals surface area contributed by atoms with Gasteiger partial charge in [0.25, 0.3) is 0 Å². The fourth-order valence-electron chi connectivity index (χ4n) is 4.11. The second-order valence-corrected chi connectivity index (χ2v) is 8.91. The third-order valence-corrected chi connectivity index (χ3v) is 6.57. The molecular formula is C21H19ClINO5. The van der Waals surface area contributed by atoms with Gasteiger partial charge in [-0.05, 0) is 60.8 Å². The number of likely N-dealkylation sites (N-methyl/N-ethyl adjacent to an activating group) is 1. The maximum absolute atomic E-state index is 12.9. The van der Waals surface area contributed by atoms with E-state index < -0.39 is 5.43 Å². The van der Waals surface area contributed by atoms with Gasteiger partial charge in [-0.3, -0.25) is 4.79 Å². The number of benzene rings is 2. The molecule has 152 valence electrons. The second kappa shape index (κ2) is 7.79. The highest BCUT2D eigenvalue weighted by Crippen LogP contribution is 2.44. The summed E-state index contributed by atoms with van der Waals surface area (Å²) in [5.41, 5.74) is 0.663. The van der Waals surface area contributed by atoms with Gasteiger partial charge in [-0.25, -0.2) is 0 Å². The average molecular weight is 528 g/mol. The molecule has 1 fully saturated rings. The Kier molecular flexibility index (Phi) is 5.50. The summed E-state index contributed by atoms with van der Waals surface area (Å²) >= 11 is 8.47. The van der Waals surface area contributed by atoms with Crippen LogP contribution in [0, 0.1) is 3.57 Å². The lowest BCUT2D eigenvalue weighted by Gasteiger charge is -2.24. The molecule has 0 unspecified atom stereocenters. The summed E-state index contributed by atoms with van der Waals surface area (Å²) in [6.07, 6.45) is 0.674. The minimum Gasteiger partial charge on any atom is -0.507 e. The highest BCUT2D eigenvalue weighted by Gasteiger charge is 2.36. The van der Waals surface area contributed by atoms with Crippen molar-refractivity contribution in [1.82, 2.24) is 4.90 Å². The van der Waals surface area contributed by atoms with Crippen LogP contribution >= 0.6 is 34.2 Å². The van der Waals surface area contributed by atoms with E-state index >= 15 is 0 Å². The van der Waals surface area contributed by atoms with Crippen molar-refractivity contribution in [2.24, 2.45) is 0 Å². The Balaban J connectivity index is 2.03. The molecule has 1 aliphatic rings. The van der Waals surface area contributed by atoms with Crippen molar-refractivity contribution in [3.05, 3.63) is 54.7 Å². The molecular weight excluding hydrogens is 509 g/mol. The van der Waals surface area contributed by atoms with Crippen molar-refractivity contribution in [2.45, 2.75) is 18.4 Å². The minimum atomic E-state index is -0.429. The normalized spacial score (nSPS) is 19.9. The number of phenolic OH excluding ortho intramolecular Hbond substituents is 2. The van der Waals surface area contributed by atoms with E-state index in [9.17, 15) is 20.1 Å². The van der Waals surface area contributed by atoms with Crippen LogP contribution in [0.3, 0.4) is 0 Å². The Morgan fingerprint density at radius 1 is 1.24 bits per heavy atom. The number of phenols is 2. The highest BCUT2D eigenvalue weighted by molar-refractivity contribution is 14.1. The number of nitrogens with zero attached hydrogens (tertiary/aromatic N) is 1. The summed E-state index contributed by atoms with van der Waals surface area (Å²) in [7, 11) is 1.90. The Morgan fingerprint density at radius 3 is 2.72 bits per heavy atom. The summed E-state index contributed by atoms with van der Waals surface area (Å²) in [5.74, 6) is -0.507. The van der Waals surface area contributed by atoms with Gasteiger partial charge in [0.1, 0.15) is 28.2 Å². The van der Waals surface area contributed by atoms with Crippen LogP contribution in [0.2, 0.25) is 5.02 Å². The highest BCUT2D eigenvalue weighted by atomic mass is 127. The van der Waals surface area contributed by atoms with E-state index in [0.29, 0.717) is 22.6 Å². The van der Waals surface area contributed by atoms with E-state index in [2.05, 4.69) is 22.6 Å². The first-order valence-corrected chi connectivity index (χ1v) is 10.6. The maximum Gasteiger partial charge on any atom is 0.197 e. The zero-order chi connectivity index (χ0) is 20.9. The van der Waals surface area contributed by atoms with Crippen molar-refractivity contribution in [2.75, 3.05) is 20.2 Å². The standard InChI is InChI=1S/C21H19ClINO5/c1-24-5-4-11(14(24)9-25)19-15(26)7-16(27)20-17(28)8-18(29-21(19)20)12-6-10(23)2-3-13(12)22/h2-3,6-8,11,14,25-27H,4-5,9H2,1H3/t11-,14+/m1/s1. The van der Waals surface area contributed by atoms with E-state index in [0.717, 1.165) is 10.1 Å². The first kappa shape index (κ1) is 20.5. The van der Waals surface area contributed by atoms with Crippen LogP contribution < -0.4 is 5.43 Å². The number of fused-ring (bicyclic) bond motifs is 1. The maximum atomic E-state index is 12.9. The molecule has 0 bridgehead atoms. The number of aromatic hydroxyl groups is 2. The Labute approximate surface area is 185 Å². The molecule has 0 radical (unpaired) electrons. The topological polar surface area (TPSA) is 94.1 Å². The average Bonchev–Trinajstić information content (AvgIpc) is 3.03. The molecule has 6 nitrogen and oxygen atoms in total. The Morgan fingerprint density at radius 2 is 2.00 bits per heavy atom. The van der Waals surface area contributed by atoms with Crippen LogP contribution in [-0.2, 0) is 0 Å². The van der Waals surface area contributed by atoms with Gasteiger partial charge in [0.2, 0.25) is 0 Å². The molecule has 0 amide bonds. The quantitative estimate of drug-likeness (QED) is 0.447. The lowest BCUT2D eigenvalue weighted by Crippen LogP contribution is -2.32. The molecule has 4 rings (SSSR count). The second-order valence-electron chi connectivity index (χ2n) is 7.26. The molecule has 2 heterocycles. The molecule has 3 N–H and O–H groups in total. The summed E-state index contributed by atoms with van der Waals surface area (Å²) in [6.45, 7) is 0.625. The Hall–Kier alpha value is -1.81. The van der Waals surface area contributed by atoms with Gasteiger partial charge < -0.3 is 24.6 Å². The number of likely N-dealkylation sites (tertiary alicyclic amines) is 1. The van der Waals surface area contributed by atoms with E-state index in [1.807, 2.05) is 18.0 Å². The van der Waals surface area contributed by atoms with Gasteiger partial charge in [-0.1, -0.05) is 11.6 Å². The number of rotatable bonds is 3. The van der Waals surface area contributed by atoms with Crippen LogP contribution in [-0.4, -0.2) is 46.5 Å². The lowest BCUT2D eigenvalue weighted by molar-refractivity contribution is 0.172. The molecule has 0 aliphatic carbocycles. The van der Waals surface area contributed by atoms with Gasteiger partial charge in [0, 0.05) is 38.8 Å². The van der Waals surface area contributed by atoms with Gasteiger partial charge >= 0.3 is 0 Å². The third kappa shape index (κ3) is 3.50. The third-order valence-electron chi connectivity index (χ3n) is 5.57. The summed E-state index contributed by atoms with van der Waals surface area (Å²) in [5, 5.41) is 31.3. The van der Waals surface area contributed by atoms with Crippen molar-refractivity contribution >= 4 is 45.2 Å². The monoisotopic (exact) mass is 527 g/mol. The van der Waals surface area contributed by atoms with Crippen LogP contribution in [0.5, 0.6) is 11.5 Å². The number of halogens is 2. The van der Waals surface area contributed by atoms with Crippen molar-refractivity contribution < 1.29 is 19.7 Å². The number of hydrogen-bond donors (Lipinski definition) is 3. The molecule has 0 spiro atoms. The molecule has 2 atom stereocenters. The van der Waals surface area contributed by atoms with E-state index in [-0.39, 0.29) is 46.8 Å². The number of aliphatic hydroxyl groups is 1. The first-order valence-electron chi connectivity index (χ1n) is 9.11. The van der Waals surface area contributed by atoms with Crippen LogP contribution in [0.25, 0.3) is 22.3 Å². The molecule has 29 heavy (non-hydrogen) atoms. The van der Waals surface area contributed by atoms with Crippen LogP contribution in [0.4, 0.5) is 0 Å². The van der Waals surface area contributed by atoms with Crippen LogP contribution in [0.15, 0.2) is 39.5 Å². The van der Waals surface area contributed by atoms with E-state index in [4.69, 9.17) is 16.0 Å². The molecule has 8 heteroatoms. The zero-order valence-corrected chi connectivity index (χ0v) is 18.4. The zero-order valence-electron chi connectivity index (χ0n) is 15.5. The van der Waals surface area contributed by atoms with Gasteiger partial charge in [-0.15, -0.1) is 0 Å². The fraction of sp³-hybridized carbons (Fsp3) is 0.286. The molecule has 0 saturated carbocycles. The minimum absolute atomic E-state index is 0.00884. The molecule has 1 saturated heterocycles. The predicted molar refractivity (Wildman–Crippen MR) is 120 cm³/mol. The number of aliphatic hydroxyl groups excluding tert-OH is 1.